The van der Waals surface area contributed by atoms with Gasteiger partial charge in [-0.15, -0.1) is 0 Å². The zero-order valence-electron chi connectivity index (χ0n) is 16.1. The quantitative estimate of drug-likeness (QED) is 0.620. The number of pyridine rings is 1. The fourth-order valence-electron chi connectivity index (χ4n) is 3.25. The van der Waals surface area contributed by atoms with E-state index in [9.17, 15) is 4.79 Å². The maximum Gasteiger partial charge on any atom is 0.235 e. The Labute approximate surface area is 168 Å². The Hall–Kier alpha value is -2.73. The molecule has 5 nitrogen and oxygen atoms in total. The summed E-state index contributed by atoms with van der Waals surface area (Å²) in [7, 11) is 3.54. The molecule has 144 valence electrons. The molecular formula is C22H22N2O3S. The summed E-state index contributed by atoms with van der Waals surface area (Å²) >= 11 is 1.47. The van der Waals surface area contributed by atoms with E-state index in [0.717, 1.165) is 32.8 Å². The SMILES string of the molecule is C[C@@H](Sc1cc(-c2ccccc2)c2cc3c(cc2n1)OCCO3)C(=O)N(C)C. The van der Waals surface area contributed by atoms with Crippen molar-refractivity contribution in [2.45, 2.75) is 17.2 Å². The van der Waals surface area contributed by atoms with E-state index in [1.807, 2.05) is 37.3 Å². The first-order valence-electron chi connectivity index (χ1n) is 9.20. The highest BCUT2D eigenvalue weighted by Gasteiger charge is 2.20. The Morgan fingerprint density at radius 3 is 2.43 bits per heavy atom. The van der Waals surface area contributed by atoms with Crippen LogP contribution in [-0.2, 0) is 4.79 Å². The van der Waals surface area contributed by atoms with Crippen LogP contribution in [0.25, 0.3) is 22.0 Å². The molecule has 2 aromatic carbocycles. The van der Waals surface area contributed by atoms with Gasteiger partial charge >= 0.3 is 0 Å². The number of carbonyl (C=O) groups excluding carboxylic acids is 1. The van der Waals surface area contributed by atoms with Crippen molar-refractivity contribution in [3.63, 3.8) is 0 Å². The largest absolute Gasteiger partial charge is 0.486 e. The van der Waals surface area contributed by atoms with Gasteiger partial charge in [-0.3, -0.25) is 4.79 Å². The molecular weight excluding hydrogens is 372 g/mol. The molecule has 0 unspecified atom stereocenters. The van der Waals surface area contributed by atoms with E-state index in [4.69, 9.17) is 14.5 Å². The number of ether oxygens (including phenoxy) is 2. The first-order valence-corrected chi connectivity index (χ1v) is 10.1. The van der Waals surface area contributed by atoms with Gasteiger partial charge in [0.1, 0.15) is 13.2 Å². The molecule has 3 aromatic rings. The fourth-order valence-corrected chi connectivity index (χ4v) is 4.26. The lowest BCUT2D eigenvalue weighted by Crippen LogP contribution is -2.29. The van der Waals surface area contributed by atoms with Gasteiger partial charge in [0.15, 0.2) is 11.5 Å². The first kappa shape index (κ1) is 18.6. The zero-order chi connectivity index (χ0) is 19.7. The summed E-state index contributed by atoms with van der Waals surface area (Å²) in [6, 6.07) is 16.2. The number of carbonyl (C=O) groups is 1. The van der Waals surface area contributed by atoms with Crippen LogP contribution in [0.2, 0.25) is 0 Å². The number of aromatic nitrogens is 1. The number of nitrogens with zero attached hydrogens (tertiary/aromatic N) is 2. The van der Waals surface area contributed by atoms with E-state index in [0.29, 0.717) is 19.0 Å². The van der Waals surface area contributed by atoms with E-state index in [-0.39, 0.29) is 11.2 Å². The second kappa shape index (κ2) is 7.72. The van der Waals surface area contributed by atoms with E-state index >= 15 is 0 Å². The van der Waals surface area contributed by atoms with Crippen molar-refractivity contribution in [3.8, 4) is 22.6 Å². The van der Waals surface area contributed by atoms with E-state index in [1.165, 1.54) is 11.8 Å². The van der Waals surface area contributed by atoms with Crippen molar-refractivity contribution in [1.29, 1.82) is 0 Å². The van der Waals surface area contributed by atoms with Crippen LogP contribution in [0, 0.1) is 0 Å². The van der Waals surface area contributed by atoms with Crippen LogP contribution in [0.1, 0.15) is 6.92 Å². The molecule has 0 bridgehead atoms. The first-order chi connectivity index (χ1) is 13.5. The highest BCUT2D eigenvalue weighted by molar-refractivity contribution is 8.00. The third-order valence-corrected chi connectivity index (χ3v) is 5.63. The topological polar surface area (TPSA) is 51.7 Å². The van der Waals surface area contributed by atoms with E-state index in [1.54, 1.807) is 19.0 Å². The number of benzene rings is 2. The summed E-state index contributed by atoms with van der Waals surface area (Å²) in [5, 5.41) is 1.60. The molecule has 1 aromatic heterocycles. The van der Waals surface area contributed by atoms with Crippen LogP contribution in [0.15, 0.2) is 53.6 Å². The molecule has 1 aliphatic heterocycles. The molecule has 4 rings (SSSR count). The van der Waals surface area contributed by atoms with Gasteiger partial charge in [-0.05, 0) is 30.2 Å². The van der Waals surface area contributed by atoms with Gasteiger partial charge in [0.25, 0.3) is 0 Å². The molecule has 0 aliphatic carbocycles. The second-order valence-corrected chi connectivity index (χ2v) is 8.24. The Kier molecular flexibility index (Phi) is 5.13. The minimum Gasteiger partial charge on any atom is -0.486 e. The predicted octanol–water partition coefficient (Wildman–Crippen LogP) is 4.24. The third-order valence-electron chi connectivity index (χ3n) is 4.62. The van der Waals surface area contributed by atoms with Crippen LogP contribution < -0.4 is 9.47 Å². The van der Waals surface area contributed by atoms with Crippen molar-refractivity contribution >= 4 is 28.6 Å². The molecule has 1 amide bonds. The number of thioether (sulfide) groups is 1. The average molecular weight is 394 g/mol. The maximum atomic E-state index is 12.3. The summed E-state index contributed by atoms with van der Waals surface area (Å²) in [6.07, 6.45) is 0. The minimum absolute atomic E-state index is 0.0651. The fraction of sp³-hybridized carbons (Fsp3) is 0.273. The van der Waals surface area contributed by atoms with Gasteiger partial charge in [-0.2, -0.15) is 0 Å². The third kappa shape index (κ3) is 3.64. The van der Waals surface area contributed by atoms with Crippen LogP contribution in [0.3, 0.4) is 0 Å². The number of rotatable bonds is 4. The van der Waals surface area contributed by atoms with Gasteiger partial charge in [0.2, 0.25) is 5.91 Å². The van der Waals surface area contributed by atoms with E-state index < -0.39 is 0 Å². The Balaban J connectivity index is 1.84. The molecule has 1 atom stereocenters. The normalized spacial score (nSPS) is 14.0. The Morgan fingerprint density at radius 2 is 1.75 bits per heavy atom. The van der Waals surface area contributed by atoms with Gasteiger partial charge in [0, 0.05) is 25.5 Å². The summed E-state index contributed by atoms with van der Waals surface area (Å²) in [5.41, 5.74) is 2.99. The molecule has 0 radical (unpaired) electrons. The van der Waals surface area contributed by atoms with Crippen molar-refractivity contribution < 1.29 is 14.3 Å². The van der Waals surface area contributed by atoms with Crippen molar-refractivity contribution in [2.75, 3.05) is 27.3 Å². The van der Waals surface area contributed by atoms with Crippen molar-refractivity contribution in [2.24, 2.45) is 0 Å². The van der Waals surface area contributed by atoms with Crippen LogP contribution in [0.5, 0.6) is 11.5 Å². The number of hydrogen-bond acceptors (Lipinski definition) is 5. The Morgan fingerprint density at radius 1 is 1.07 bits per heavy atom. The minimum atomic E-state index is -0.221. The summed E-state index contributed by atoms with van der Waals surface area (Å²) in [6.45, 7) is 2.99. The van der Waals surface area contributed by atoms with Gasteiger partial charge in [-0.25, -0.2) is 4.98 Å². The van der Waals surface area contributed by atoms with Crippen LogP contribution in [-0.4, -0.2) is 48.4 Å². The smallest absolute Gasteiger partial charge is 0.235 e. The van der Waals surface area contributed by atoms with Gasteiger partial charge in [-0.1, -0.05) is 42.1 Å². The monoisotopic (exact) mass is 394 g/mol. The van der Waals surface area contributed by atoms with Gasteiger partial charge < -0.3 is 14.4 Å². The highest BCUT2D eigenvalue weighted by Crippen LogP contribution is 2.39. The van der Waals surface area contributed by atoms with Crippen molar-refractivity contribution in [3.05, 3.63) is 48.5 Å². The number of fused-ring (bicyclic) bond motifs is 2. The van der Waals surface area contributed by atoms with Crippen molar-refractivity contribution in [1.82, 2.24) is 9.88 Å². The summed E-state index contributed by atoms with van der Waals surface area (Å²) < 4.78 is 11.5. The molecule has 1 aliphatic rings. The zero-order valence-corrected chi connectivity index (χ0v) is 17.0. The molecule has 2 heterocycles. The standard InChI is InChI=1S/C22H22N2O3S/c1-14(22(25)24(2)3)28-21-12-16(15-7-5-4-6-8-15)17-11-19-20(13-18(17)23-21)27-10-9-26-19/h4-8,11-14H,9-10H2,1-3H3/t14-/m1/s1. The lowest BCUT2D eigenvalue weighted by atomic mass is 10.0. The number of hydrogen-bond donors (Lipinski definition) is 0. The lowest BCUT2D eigenvalue weighted by Gasteiger charge is -2.20. The van der Waals surface area contributed by atoms with E-state index in [2.05, 4.69) is 18.2 Å². The lowest BCUT2D eigenvalue weighted by molar-refractivity contribution is -0.127. The summed E-state index contributed by atoms with van der Waals surface area (Å²) in [4.78, 5) is 18.7. The Bertz CT molecular complexity index is 1020. The highest BCUT2D eigenvalue weighted by atomic mass is 32.2. The molecule has 0 saturated heterocycles. The molecule has 0 N–H and O–H groups in total. The molecule has 0 saturated carbocycles. The molecule has 6 heteroatoms. The molecule has 0 spiro atoms. The van der Waals surface area contributed by atoms with Gasteiger partial charge in [0.05, 0.1) is 15.8 Å². The predicted molar refractivity (Wildman–Crippen MR) is 112 cm³/mol. The second-order valence-electron chi connectivity index (χ2n) is 6.88. The maximum absolute atomic E-state index is 12.3. The van der Waals surface area contributed by atoms with Crippen LogP contribution >= 0.6 is 11.8 Å². The summed E-state index contributed by atoms with van der Waals surface area (Å²) in [5.74, 6) is 1.52. The molecule has 28 heavy (non-hydrogen) atoms. The van der Waals surface area contributed by atoms with Crippen LogP contribution in [0.4, 0.5) is 0 Å². The number of amides is 1. The molecule has 0 fully saturated rings. The average Bonchev–Trinajstić information content (AvgIpc) is 2.71.